The molecule has 0 aromatic heterocycles. The van der Waals surface area contributed by atoms with Crippen molar-refractivity contribution in [2.24, 2.45) is 0 Å². The van der Waals surface area contributed by atoms with E-state index in [0.29, 0.717) is 61.7 Å². The molecule has 0 nitrogen and oxygen atoms in total. The summed E-state index contributed by atoms with van der Waals surface area (Å²) in [5, 5.41) is 37.7. The molecule has 0 saturated heterocycles. The van der Waals surface area contributed by atoms with E-state index in [1.54, 1.807) is 0 Å². The molecule has 0 amide bonds. The van der Waals surface area contributed by atoms with Crippen LogP contribution in [0.5, 0.6) is 0 Å². The van der Waals surface area contributed by atoms with Gasteiger partial charge in [-0.05, 0) is 0 Å². The Morgan fingerprint density at radius 3 is 0.439 bits per heavy atom. The van der Waals surface area contributed by atoms with Crippen molar-refractivity contribution in [3.8, 4) is 65.6 Å². The summed E-state index contributed by atoms with van der Waals surface area (Å²) in [5.41, 5.74) is 18.8. The molecular formula is C126H150Ge4Si2. The van der Waals surface area contributed by atoms with Gasteiger partial charge >= 0.3 is 817 Å². The summed E-state index contributed by atoms with van der Waals surface area (Å²) < 4.78 is 20.1. The standard InChI is InChI=1S/C44H54GeSi.C41H48Ge2.C41H48GeSi/c1-29(2)45(30(3)4,31(5)6)23-21-39-41-25-35-17-13-15-19-37(35)27-43(41)40(22-24-46(32(7)8,33(9)10)34(11)12)44-28-38-20-16-14-18-36(38)26-42(39)44;2*1-10-42(11-2,12-3)23-21-36-38-25-32-17-13-15-19-34(32)27-40(38)37(22-24-43(29(4)5,30(6)7)31(8)9)41-28-35-20-16-14-18-33(35)26-39(36)41/h13-20,25-34H,1-12H3;2*13-20,25-31H,10-12H2,1-9H3. The molecule has 15 aromatic carbocycles. The quantitative estimate of drug-likeness (QED) is 0.0456. The number of hydrogen-bond donors (Lipinski definition) is 0. The molecule has 678 valence electrons. The van der Waals surface area contributed by atoms with Crippen molar-refractivity contribution in [1.29, 1.82) is 0 Å². The van der Waals surface area contributed by atoms with Gasteiger partial charge < -0.3 is 0 Å². The summed E-state index contributed by atoms with van der Waals surface area (Å²) in [6.45, 7) is 72.2. The average Bonchev–Trinajstić information content (AvgIpc) is 0.735. The van der Waals surface area contributed by atoms with E-state index in [9.17, 15) is 0 Å². The first-order valence-electron chi connectivity index (χ1n) is 50.6. The Morgan fingerprint density at radius 2 is 0.318 bits per heavy atom. The molecule has 0 atom stereocenters. The van der Waals surface area contributed by atoms with Crippen molar-refractivity contribution in [2.75, 3.05) is 0 Å². The van der Waals surface area contributed by atoms with Crippen molar-refractivity contribution in [1.82, 2.24) is 0 Å². The van der Waals surface area contributed by atoms with Crippen LogP contribution in [0, 0.1) is 65.6 Å². The Kier molecular flexibility index (Phi) is 32.0. The molecule has 6 heteroatoms. The van der Waals surface area contributed by atoms with Gasteiger partial charge in [0.05, 0.1) is 0 Å². The number of hydrogen-bond acceptors (Lipinski definition) is 0. The predicted molar refractivity (Wildman–Crippen MR) is 609 cm³/mol. The summed E-state index contributed by atoms with van der Waals surface area (Å²) in [6, 6.07) is 81.5. The zero-order valence-electron chi connectivity index (χ0n) is 86.0. The fourth-order valence-corrected chi connectivity index (χ4v) is 66.9. The summed E-state index contributed by atoms with van der Waals surface area (Å²) in [5.74, 6) is 23.7. The Morgan fingerprint density at radius 1 is 0.189 bits per heavy atom. The van der Waals surface area contributed by atoms with Crippen LogP contribution in [0.3, 0.4) is 0 Å². The maximum absolute atomic E-state index is 4.16. The Balaban J connectivity index is 0.000000168. The first kappa shape index (κ1) is 101. The van der Waals surface area contributed by atoms with E-state index in [1.807, 2.05) is 0 Å². The van der Waals surface area contributed by atoms with Crippen LogP contribution < -0.4 is 0 Å². The molecule has 0 heterocycles. The van der Waals surface area contributed by atoms with Gasteiger partial charge in [-0.25, -0.2) is 0 Å². The third-order valence-corrected chi connectivity index (χ3v) is 91.4. The van der Waals surface area contributed by atoms with Crippen LogP contribution in [0.1, 0.15) is 241 Å². The fourth-order valence-electron chi connectivity index (χ4n) is 24.4. The van der Waals surface area contributed by atoms with Crippen LogP contribution in [-0.4, -0.2) is 69.2 Å². The van der Waals surface area contributed by atoms with Crippen LogP contribution in [0.25, 0.3) is 129 Å². The van der Waals surface area contributed by atoms with E-state index < -0.39 is 69.2 Å². The summed E-state index contributed by atoms with van der Waals surface area (Å²) in [4.78, 5) is 0. The molecule has 0 saturated carbocycles. The predicted octanol–water partition coefficient (Wildman–Crippen LogP) is 38.0. The van der Waals surface area contributed by atoms with Gasteiger partial charge in [0, 0.05) is 0 Å². The van der Waals surface area contributed by atoms with Gasteiger partial charge in [0.1, 0.15) is 0 Å². The van der Waals surface area contributed by atoms with Crippen LogP contribution in [0.2, 0.25) is 93.3 Å². The third-order valence-electron chi connectivity index (χ3n) is 32.6. The summed E-state index contributed by atoms with van der Waals surface area (Å²) >= 11 is -9.71. The molecule has 15 rings (SSSR count). The molecule has 0 aliphatic rings. The average molecular weight is 2010 g/mol. The van der Waals surface area contributed by atoms with Gasteiger partial charge in [0.15, 0.2) is 0 Å². The Hall–Kier alpha value is -8.61. The van der Waals surface area contributed by atoms with Crippen molar-refractivity contribution in [2.45, 2.75) is 301 Å². The van der Waals surface area contributed by atoms with Gasteiger partial charge in [0.2, 0.25) is 0 Å². The number of benzene rings is 15. The van der Waals surface area contributed by atoms with Crippen molar-refractivity contribution in [3.63, 3.8) is 0 Å². The van der Waals surface area contributed by atoms with Gasteiger partial charge in [-0.2, -0.15) is 0 Å². The second kappa shape index (κ2) is 41.9. The summed E-state index contributed by atoms with van der Waals surface area (Å²) in [7, 11) is -3.91. The first-order valence-corrected chi connectivity index (χ1v) is 75.4. The van der Waals surface area contributed by atoms with E-state index in [2.05, 4.69) is 492 Å². The molecule has 0 fully saturated rings. The van der Waals surface area contributed by atoms with Crippen molar-refractivity contribution < 1.29 is 0 Å². The van der Waals surface area contributed by atoms with E-state index in [0.717, 1.165) is 0 Å². The second-order valence-electron chi connectivity index (χ2n) is 42.5. The second-order valence-corrected chi connectivity index (χ2v) is 97.8. The molecule has 0 aliphatic heterocycles. The van der Waals surface area contributed by atoms with E-state index in [1.165, 1.54) is 194 Å². The van der Waals surface area contributed by atoms with Gasteiger partial charge in [-0.15, -0.1) is 0 Å². The minimum absolute atomic E-state index is 0.576. The topological polar surface area (TPSA) is 0 Å². The van der Waals surface area contributed by atoms with Gasteiger partial charge in [-0.3, -0.25) is 0 Å². The van der Waals surface area contributed by atoms with Crippen LogP contribution >= 0.6 is 0 Å². The first-order chi connectivity index (χ1) is 63.0. The maximum atomic E-state index is 4.16. The van der Waals surface area contributed by atoms with E-state index in [-0.39, 0.29) is 0 Å². The summed E-state index contributed by atoms with van der Waals surface area (Å²) in [6.07, 6.45) is 0. The molecule has 0 unspecified atom stereocenters. The van der Waals surface area contributed by atoms with E-state index in [4.69, 9.17) is 0 Å². The molecule has 15 aromatic rings. The molecule has 0 radical (unpaired) electrons. The molecule has 0 spiro atoms. The molecule has 0 N–H and O–H groups in total. The van der Waals surface area contributed by atoms with Crippen LogP contribution in [0.4, 0.5) is 0 Å². The van der Waals surface area contributed by atoms with Crippen LogP contribution in [-0.2, 0) is 0 Å². The SMILES string of the molecule is CC(C)[Si](C#Cc1c2cc3ccccc3cc2c(C#[C][Ge]([CH](C)C)([CH](C)C)[CH](C)C)c2cc3ccccc3cc12)(C(C)C)C(C)C.C[CH2][Ge]([C]#Cc1c2cc3ccccc3cc2c(C#C[Si](C(C)C)(C(C)C)C(C)C)c2cc3ccccc3cc12)([CH2]C)[CH2]C.C[CH2][Ge]([C]#Cc1c2cc3ccccc3cc2c(C#[C][Ge]([CH](C)C)([CH](C)C)[CH](C)C)c2cc3ccccc3cc12)([CH2]C)[CH2]C. The number of rotatable bonds is 18. The Labute approximate surface area is 809 Å². The third kappa shape index (κ3) is 19.1. The van der Waals surface area contributed by atoms with E-state index >= 15 is 0 Å². The normalized spacial score (nSPS) is 12.5. The molecule has 0 aliphatic carbocycles. The van der Waals surface area contributed by atoms with Gasteiger partial charge in [-0.1, -0.05) is 0 Å². The Bertz CT molecular complexity index is 6460. The minimum atomic E-state index is -2.62. The zero-order chi connectivity index (χ0) is 95.4. The number of fused-ring (bicyclic) bond motifs is 12. The van der Waals surface area contributed by atoms with Crippen LogP contribution in [0.15, 0.2) is 218 Å². The van der Waals surface area contributed by atoms with Crippen molar-refractivity contribution in [3.05, 3.63) is 252 Å². The van der Waals surface area contributed by atoms with Gasteiger partial charge in [0.25, 0.3) is 0 Å². The molecular weight excluding hydrogens is 1860 g/mol. The zero-order valence-corrected chi connectivity index (χ0v) is 96.3. The van der Waals surface area contributed by atoms with Crippen molar-refractivity contribution >= 4 is 198 Å². The fraction of sp³-hybridized carbons (Fsp3) is 0.381. The molecule has 0 bridgehead atoms. The monoisotopic (exact) mass is 2010 g/mol. The molecule has 132 heavy (non-hydrogen) atoms.